The second-order valence-electron chi connectivity index (χ2n) is 2.78. The molecule has 0 saturated heterocycles. The van der Waals surface area contributed by atoms with Gasteiger partial charge in [-0.3, -0.25) is 0 Å². The third kappa shape index (κ3) is 2.15. The van der Waals surface area contributed by atoms with Crippen LogP contribution >= 0.6 is 0 Å². The van der Waals surface area contributed by atoms with E-state index < -0.39 is 11.6 Å². The fourth-order valence-electron chi connectivity index (χ4n) is 1.16. The van der Waals surface area contributed by atoms with E-state index in [0.29, 0.717) is 13.1 Å². The average molecular weight is 186 g/mol. The van der Waals surface area contributed by atoms with E-state index in [4.69, 9.17) is 5.73 Å². The lowest BCUT2D eigenvalue weighted by Gasteiger charge is -2.19. The molecule has 1 aromatic rings. The molecule has 0 atom stereocenters. The van der Waals surface area contributed by atoms with Gasteiger partial charge >= 0.3 is 0 Å². The Morgan fingerprint density at radius 1 is 1.31 bits per heavy atom. The van der Waals surface area contributed by atoms with Gasteiger partial charge in [0.05, 0.1) is 0 Å². The van der Waals surface area contributed by atoms with Gasteiger partial charge in [0.25, 0.3) is 0 Å². The maximum absolute atomic E-state index is 13.1. The number of nitrogens with zero attached hydrogens (tertiary/aromatic N) is 1. The zero-order valence-corrected chi connectivity index (χ0v) is 7.43. The molecule has 0 amide bonds. The Hall–Kier alpha value is -1.16. The molecule has 1 rings (SSSR count). The molecule has 72 valence electrons. The largest absolute Gasteiger partial charge is 0.369 e. The monoisotopic (exact) mass is 186 g/mol. The minimum Gasteiger partial charge on any atom is -0.369 e. The number of anilines is 1. The van der Waals surface area contributed by atoms with Crippen LogP contribution in [-0.2, 0) is 0 Å². The summed E-state index contributed by atoms with van der Waals surface area (Å²) in [5.74, 6) is -1.12. The van der Waals surface area contributed by atoms with Gasteiger partial charge < -0.3 is 10.6 Å². The van der Waals surface area contributed by atoms with E-state index in [1.54, 1.807) is 7.05 Å². The van der Waals surface area contributed by atoms with Crippen LogP contribution < -0.4 is 10.6 Å². The van der Waals surface area contributed by atoms with Crippen molar-refractivity contribution < 1.29 is 8.78 Å². The van der Waals surface area contributed by atoms with E-state index in [0.717, 1.165) is 0 Å². The van der Waals surface area contributed by atoms with Crippen molar-refractivity contribution in [1.29, 1.82) is 0 Å². The summed E-state index contributed by atoms with van der Waals surface area (Å²) in [6.45, 7) is 0.794. The van der Waals surface area contributed by atoms with Gasteiger partial charge in [-0.1, -0.05) is 6.07 Å². The Bertz CT molecular complexity index is 269. The first-order valence-electron chi connectivity index (χ1n) is 4.02. The normalized spacial score (nSPS) is 10.2. The standard InChI is InChI=1S/C9H12F2N2/c1-13(6-5-12)9-7(10)3-2-4-8(9)11/h2-4H,5-6,12H2,1H3. The molecular weight excluding hydrogens is 174 g/mol. The maximum atomic E-state index is 13.1. The molecule has 0 saturated carbocycles. The Kier molecular flexibility index (Phi) is 3.19. The number of para-hydroxylation sites is 1. The van der Waals surface area contributed by atoms with Crippen molar-refractivity contribution >= 4 is 5.69 Å². The van der Waals surface area contributed by atoms with Crippen molar-refractivity contribution in [3.8, 4) is 0 Å². The van der Waals surface area contributed by atoms with E-state index in [1.807, 2.05) is 0 Å². The number of hydrogen-bond donors (Lipinski definition) is 1. The molecular formula is C9H12F2N2. The Morgan fingerprint density at radius 3 is 2.31 bits per heavy atom. The molecule has 0 aliphatic rings. The molecule has 0 spiro atoms. The van der Waals surface area contributed by atoms with Crippen LogP contribution in [0.15, 0.2) is 18.2 Å². The Labute approximate surface area is 76.0 Å². The molecule has 0 aromatic heterocycles. The topological polar surface area (TPSA) is 29.3 Å². The number of likely N-dealkylation sites (N-methyl/N-ethyl adjacent to an activating group) is 1. The molecule has 0 unspecified atom stereocenters. The SMILES string of the molecule is CN(CCN)c1c(F)cccc1F. The second kappa shape index (κ2) is 4.18. The fourth-order valence-corrected chi connectivity index (χ4v) is 1.16. The number of halogens is 2. The molecule has 1 aromatic carbocycles. The third-order valence-electron chi connectivity index (χ3n) is 1.78. The van der Waals surface area contributed by atoms with E-state index in [2.05, 4.69) is 0 Å². The van der Waals surface area contributed by atoms with E-state index in [1.165, 1.54) is 23.1 Å². The van der Waals surface area contributed by atoms with Crippen molar-refractivity contribution in [2.45, 2.75) is 0 Å². The van der Waals surface area contributed by atoms with Crippen molar-refractivity contribution in [3.05, 3.63) is 29.8 Å². The van der Waals surface area contributed by atoms with E-state index >= 15 is 0 Å². The Morgan fingerprint density at radius 2 is 1.85 bits per heavy atom. The second-order valence-corrected chi connectivity index (χ2v) is 2.78. The number of hydrogen-bond acceptors (Lipinski definition) is 2. The van der Waals surface area contributed by atoms with Gasteiger partial charge in [0.15, 0.2) is 0 Å². The van der Waals surface area contributed by atoms with Crippen molar-refractivity contribution in [3.63, 3.8) is 0 Å². The van der Waals surface area contributed by atoms with Gasteiger partial charge in [-0.2, -0.15) is 0 Å². The van der Waals surface area contributed by atoms with Crippen molar-refractivity contribution in [1.82, 2.24) is 0 Å². The van der Waals surface area contributed by atoms with Crippen LogP contribution in [0.1, 0.15) is 0 Å². The highest BCUT2D eigenvalue weighted by atomic mass is 19.1. The van der Waals surface area contributed by atoms with Crippen LogP contribution in [0, 0.1) is 11.6 Å². The molecule has 0 aliphatic heterocycles. The molecule has 13 heavy (non-hydrogen) atoms. The first-order valence-corrected chi connectivity index (χ1v) is 4.02. The quantitative estimate of drug-likeness (QED) is 0.772. The van der Waals surface area contributed by atoms with Gasteiger partial charge in [-0.05, 0) is 12.1 Å². The first kappa shape index (κ1) is 9.92. The highest BCUT2D eigenvalue weighted by molar-refractivity contribution is 5.48. The Balaban J connectivity index is 2.98. The van der Waals surface area contributed by atoms with Crippen molar-refractivity contribution in [2.75, 3.05) is 25.0 Å². The fraction of sp³-hybridized carbons (Fsp3) is 0.333. The number of nitrogens with two attached hydrogens (primary N) is 1. The third-order valence-corrected chi connectivity index (χ3v) is 1.78. The number of rotatable bonds is 3. The zero-order valence-electron chi connectivity index (χ0n) is 7.43. The van der Waals surface area contributed by atoms with Gasteiger partial charge in [0, 0.05) is 20.1 Å². The summed E-state index contributed by atoms with van der Waals surface area (Å²) < 4.78 is 26.2. The summed E-state index contributed by atoms with van der Waals surface area (Å²) in [6.07, 6.45) is 0. The first-order chi connectivity index (χ1) is 6.16. The molecule has 0 fully saturated rings. The van der Waals surface area contributed by atoms with Gasteiger partial charge in [-0.25, -0.2) is 8.78 Å². The van der Waals surface area contributed by atoms with Crippen LogP contribution in [-0.4, -0.2) is 20.1 Å². The van der Waals surface area contributed by atoms with Crippen LogP contribution in [0.4, 0.5) is 14.5 Å². The summed E-state index contributed by atoms with van der Waals surface area (Å²) in [5.41, 5.74) is 5.26. The summed E-state index contributed by atoms with van der Waals surface area (Å²) in [6, 6.07) is 3.79. The lowest BCUT2D eigenvalue weighted by atomic mass is 10.2. The van der Waals surface area contributed by atoms with Gasteiger partial charge in [0.2, 0.25) is 0 Å². The van der Waals surface area contributed by atoms with Crippen LogP contribution in [0.3, 0.4) is 0 Å². The molecule has 0 aliphatic carbocycles. The summed E-state index contributed by atoms with van der Waals surface area (Å²) in [4.78, 5) is 1.46. The lowest BCUT2D eigenvalue weighted by Crippen LogP contribution is -2.26. The molecule has 0 radical (unpaired) electrons. The van der Waals surface area contributed by atoms with Crippen molar-refractivity contribution in [2.24, 2.45) is 5.73 Å². The minimum atomic E-state index is -0.559. The molecule has 4 heteroatoms. The van der Waals surface area contributed by atoms with E-state index in [-0.39, 0.29) is 5.69 Å². The maximum Gasteiger partial charge on any atom is 0.149 e. The smallest absolute Gasteiger partial charge is 0.149 e. The average Bonchev–Trinajstić information content (AvgIpc) is 2.04. The lowest BCUT2D eigenvalue weighted by molar-refractivity contribution is 0.577. The highest BCUT2D eigenvalue weighted by Crippen LogP contribution is 2.21. The van der Waals surface area contributed by atoms with Gasteiger partial charge in [0.1, 0.15) is 17.3 Å². The predicted molar refractivity (Wildman–Crippen MR) is 48.7 cm³/mol. The van der Waals surface area contributed by atoms with Gasteiger partial charge in [-0.15, -0.1) is 0 Å². The van der Waals surface area contributed by atoms with Crippen LogP contribution in [0.5, 0.6) is 0 Å². The number of benzene rings is 1. The zero-order chi connectivity index (χ0) is 9.84. The predicted octanol–water partition coefficient (Wildman–Crippen LogP) is 1.36. The highest BCUT2D eigenvalue weighted by Gasteiger charge is 2.11. The summed E-state index contributed by atoms with van der Waals surface area (Å²) in [5, 5.41) is 0. The minimum absolute atomic E-state index is 0.0204. The van der Waals surface area contributed by atoms with Crippen LogP contribution in [0.2, 0.25) is 0 Å². The summed E-state index contributed by atoms with van der Waals surface area (Å²) in [7, 11) is 1.61. The summed E-state index contributed by atoms with van der Waals surface area (Å²) >= 11 is 0. The molecule has 2 N–H and O–H groups in total. The molecule has 0 heterocycles. The molecule has 0 bridgehead atoms. The molecule has 2 nitrogen and oxygen atoms in total. The van der Waals surface area contributed by atoms with Crippen LogP contribution in [0.25, 0.3) is 0 Å². The van der Waals surface area contributed by atoms with E-state index in [9.17, 15) is 8.78 Å².